The van der Waals surface area contributed by atoms with Crippen molar-refractivity contribution in [2.24, 2.45) is 0 Å². The number of nitrogens with zero attached hydrogens (tertiary/aromatic N) is 3. The normalized spacial score (nSPS) is 17.1. The van der Waals surface area contributed by atoms with Crippen LogP contribution in [-0.4, -0.2) is 73.5 Å². The quantitative estimate of drug-likeness (QED) is 0.677. The molecule has 1 aromatic carbocycles. The lowest BCUT2D eigenvalue weighted by Gasteiger charge is -2.38. The maximum atomic E-state index is 12.6. The van der Waals surface area contributed by atoms with Gasteiger partial charge in [0.15, 0.2) is 0 Å². The number of rotatable bonds is 9. The van der Waals surface area contributed by atoms with E-state index in [1.807, 2.05) is 17.0 Å². The summed E-state index contributed by atoms with van der Waals surface area (Å²) in [5, 5.41) is 0. The minimum absolute atomic E-state index is 0.278. The first-order chi connectivity index (χ1) is 12.6. The van der Waals surface area contributed by atoms with Gasteiger partial charge in [-0.15, -0.1) is 0 Å². The average Bonchev–Trinajstić information content (AvgIpc) is 2.67. The van der Waals surface area contributed by atoms with Crippen molar-refractivity contribution in [3.63, 3.8) is 0 Å². The Kier molecular flexibility index (Phi) is 8.39. The van der Waals surface area contributed by atoms with Crippen LogP contribution in [0.5, 0.6) is 5.75 Å². The first-order valence-electron chi connectivity index (χ1n) is 9.97. The molecule has 1 saturated heterocycles. The number of carbonyl (C=O) groups is 1. The number of carbonyl (C=O) groups excluding carboxylic acids is 1. The topological polar surface area (TPSA) is 36.0 Å². The Morgan fingerprint density at radius 2 is 1.73 bits per heavy atom. The lowest BCUT2D eigenvalue weighted by atomic mass is 10.0. The summed E-state index contributed by atoms with van der Waals surface area (Å²) in [6.45, 7) is 12.6. The smallest absolute Gasteiger partial charge is 0.236 e. The predicted molar refractivity (Wildman–Crippen MR) is 107 cm³/mol. The summed E-state index contributed by atoms with van der Waals surface area (Å²) in [7, 11) is 1.73. The van der Waals surface area contributed by atoms with Gasteiger partial charge in [-0.05, 0) is 25.8 Å². The lowest BCUT2D eigenvalue weighted by molar-refractivity contribution is -0.133. The van der Waals surface area contributed by atoms with Crippen LogP contribution in [0.25, 0.3) is 0 Å². The second-order valence-electron chi connectivity index (χ2n) is 7.11. The molecule has 146 valence electrons. The monoisotopic (exact) mass is 361 g/mol. The third-order valence-corrected chi connectivity index (χ3v) is 5.24. The maximum Gasteiger partial charge on any atom is 0.236 e. The Labute approximate surface area is 158 Å². The molecule has 5 heteroatoms. The van der Waals surface area contributed by atoms with Gasteiger partial charge in [-0.1, -0.05) is 32.0 Å². The van der Waals surface area contributed by atoms with E-state index in [-0.39, 0.29) is 5.91 Å². The minimum Gasteiger partial charge on any atom is -0.496 e. The van der Waals surface area contributed by atoms with Crippen LogP contribution in [0.4, 0.5) is 0 Å². The van der Waals surface area contributed by atoms with Crippen LogP contribution in [0, 0.1) is 0 Å². The van der Waals surface area contributed by atoms with Gasteiger partial charge in [-0.3, -0.25) is 14.6 Å². The van der Waals surface area contributed by atoms with Crippen molar-refractivity contribution in [3.05, 3.63) is 29.8 Å². The van der Waals surface area contributed by atoms with Crippen molar-refractivity contribution < 1.29 is 9.53 Å². The highest BCUT2D eigenvalue weighted by Crippen LogP contribution is 2.29. The molecular formula is C21H35N3O2. The zero-order valence-electron chi connectivity index (χ0n) is 16.9. The van der Waals surface area contributed by atoms with Gasteiger partial charge < -0.3 is 9.64 Å². The Bertz CT molecular complexity index is 550. The molecule has 1 aromatic rings. The van der Waals surface area contributed by atoms with E-state index < -0.39 is 0 Å². The molecule has 26 heavy (non-hydrogen) atoms. The number of hydrogen-bond acceptors (Lipinski definition) is 4. The third-order valence-electron chi connectivity index (χ3n) is 5.24. The molecule has 1 heterocycles. The van der Waals surface area contributed by atoms with E-state index >= 15 is 0 Å². The summed E-state index contributed by atoms with van der Waals surface area (Å²) in [4.78, 5) is 19.4. The highest BCUT2D eigenvalue weighted by molar-refractivity contribution is 5.78. The van der Waals surface area contributed by atoms with E-state index in [9.17, 15) is 4.79 Å². The first kappa shape index (κ1) is 20.7. The highest BCUT2D eigenvalue weighted by atomic mass is 16.5. The number of hydrogen-bond donors (Lipinski definition) is 0. The van der Waals surface area contributed by atoms with Crippen LogP contribution in [0.3, 0.4) is 0 Å². The van der Waals surface area contributed by atoms with Gasteiger partial charge in [0.25, 0.3) is 0 Å². The van der Waals surface area contributed by atoms with E-state index in [2.05, 4.69) is 42.7 Å². The Balaban J connectivity index is 1.87. The first-order valence-corrected chi connectivity index (χ1v) is 9.97. The Hall–Kier alpha value is -1.59. The molecule has 1 aliphatic rings. The zero-order valence-corrected chi connectivity index (χ0v) is 16.9. The zero-order chi connectivity index (χ0) is 18.9. The summed E-state index contributed by atoms with van der Waals surface area (Å²) in [6.07, 6.45) is 2.05. The molecule has 1 aliphatic heterocycles. The number of piperazine rings is 1. The molecule has 0 saturated carbocycles. The predicted octanol–water partition coefficient (Wildman–Crippen LogP) is 3.02. The SMILES string of the molecule is CCCN(CCC)C(=O)CN1CCN(C(C)c2ccccc2OC)CC1. The second-order valence-corrected chi connectivity index (χ2v) is 7.11. The van der Waals surface area contributed by atoms with E-state index in [4.69, 9.17) is 4.74 Å². The molecule has 1 atom stereocenters. The molecule has 1 fully saturated rings. The summed E-state index contributed by atoms with van der Waals surface area (Å²) >= 11 is 0. The average molecular weight is 362 g/mol. The molecule has 0 N–H and O–H groups in total. The molecule has 1 amide bonds. The summed E-state index contributed by atoms with van der Waals surface area (Å²) in [5.74, 6) is 1.23. The molecule has 0 spiro atoms. The van der Waals surface area contributed by atoms with Gasteiger partial charge in [0, 0.05) is 50.9 Å². The molecule has 0 aliphatic carbocycles. The fourth-order valence-corrected chi connectivity index (χ4v) is 3.71. The summed E-state index contributed by atoms with van der Waals surface area (Å²) in [5.41, 5.74) is 1.23. The molecule has 0 radical (unpaired) electrons. The van der Waals surface area contributed by atoms with Gasteiger partial charge in [-0.2, -0.15) is 0 Å². The van der Waals surface area contributed by atoms with Crippen molar-refractivity contribution >= 4 is 5.91 Å². The van der Waals surface area contributed by atoms with E-state index in [0.717, 1.165) is 57.9 Å². The van der Waals surface area contributed by atoms with Crippen molar-refractivity contribution in [2.45, 2.75) is 39.7 Å². The molecule has 0 aromatic heterocycles. The largest absolute Gasteiger partial charge is 0.496 e. The van der Waals surface area contributed by atoms with E-state index in [1.165, 1.54) is 5.56 Å². The second kappa shape index (κ2) is 10.5. The van der Waals surface area contributed by atoms with Crippen LogP contribution < -0.4 is 4.74 Å². The van der Waals surface area contributed by atoms with Gasteiger partial charge in [0.2, 0.25) is 5.91 Å². The van der Waals surface area contributed by atoms with Gasteiger partial charge in [0.1, 0.15) is 5.75 Å². The standard InChI is InChI=1S/C21H35N3O2/c1-5-11-24(12-6-2)21(25)17-22-13-15-23(16-14-22)18(3)19-9-7-8-10-20(19)26-4/h7-10,18H,5-6,11-17H2,1-4H3. The van der Waals surface area contributed by atoms with Crippen LogP contribution in [-0.2, 0) is 4.79 Å². The number of methoxy groups -OCH3 is 1. The van der Waals surface area contributed by atoms with E-state index in [1.54, 1.807) is 7.11 Å². The van der Waals surface area contributed by atoms with E-state index in [0.29, 0.717) is 12.6 Å². The fourth-order valence-electron chi connectivity index (χ4n) is 3.71. The van der Waals surface area contributed by atoms with Crippen molar-refractivity contribution in [2.75, 3.05) is 52.9 Å². The molecule has 0 bridgehead atoms. The molecule has 2 rings (SSSR count). The van der Waals surface area contributed by atoms with Crippen molar-refractivity contribution in [1.82, 2.24) is 14.7 Å². The summed E-state index contributed by atoms with van der Waals surface area (Å²) < 4.78 is 5.52. The van der Waals surface area contributed by atoms with Gasteiger partial charge in [-0.25, -0.2) is 0 Å². The molecule has 5 nitrogen and oxygen atoms in total. The van der Waals surface area contributed by atoms with Crippen LogP contribution in [0.1, 0.15) is 45.2 Å². The van der Waals surface area contributed by atoms with Gasteiger partial charge in [0.05, 0.1) is 13.7 Å². The Morgan fingerprint density at radius 1 is 1.12 bits per heavy atom. The van der Waals surface area contributed by atoms with Crippen LogP contribution in [0.2, 0.25) is 0 Å². The Morgan fingerprint density at radius 3 is 2.31 bits per heavy atom. The minimum atomic E-state index is 0.278. The van der Waals surface area contributed by atoms with Crippen LogP contribution >= 0.6 is 0 Å². The highest BCUT2D eigenvalue weighted by Gasteiger charge is 2.25. The molecule has 1 unspecified atom stereocenters. The number of benzene rings is 1. The molecular weight excluding hydrogens is 326 g/mol. The third kappa shape index (κ3) is 5.45. The number of ether oxygens (including phenoxy) is 1. The fraction of sp³-hybridized carbons (Fsp3) is 0.667. The van der Waals surface area contributed by atoms with Crippen molar-refractivity contribution in [3.8, 4) is 5.75 Å². The summed E-state index contributed by atoms with van der Waals surface area (Å²) in [6, 6.07) is 8.57. The van der Waals surface area contributed by atoms with Crippen molar-refractivity contribution in [1.29, 1.82) is 0 Å². The van der Waals surface area contributed by atoms with Crippen LogP contribution in [0.15, 0.2) is 24.3 Å². The lowest BCUT2D eigenvalue weighted by Crippen LogP contribution is -2.50. The number of amides is 1. The number of para-hydroxylation sites is 1. The maximum absolute atomic E-state index is 12.6. The van der Waals surface area contributed by atoms with Gasteiger partial charge >= 0.3 is 0 Å².